The first-order chi connectivity index (χ1) is 13.6. The molecule has 3 rings (SSSR count). The summed E-state index contributed by atoms with van der Waals surface area (Å²) in [6, 6.07) is 17.2. The lowest BCUT2D eigenvalue weighted by molar-refractivity contribution is -0.121. The number of rotatable bonds is 9. The Labute approximate surface area is 164 Å². The number of aryl methyl sites for hydroxylation is 1. The molecular formula is C22H25N3O3. The van der Waals surface area contributed by atoms with Crippen LogP contribution < -0.4 is 10.9 Å². The highest BCUT2D eigenvalue weighted by molar-refractivity contribution is 5.78. The molecule has 2 aromatic carbocycles. The van der Waals surface area contributed by atoms with Crippen molar-refractivity contribution in [3.8, 4) is 0 Å². The zero-order valence-electron chi connectivity index (χ0n) is 16.0. The van der Waals surface area contributed by atoms with Crippen LogP contribution in [0.3, 0.4) is 0 Å². The quantitative estimate of drug-likeness (QED) is 0.560. The van der Waals surface area contributed by atoms with Crippen LogP contribution in [0.2, 0.25) is 0 Å². The molecule has 0 fully saturated rings. The number of hydrogen-bond donors (Lipinski definition) is 2. The van der Waals surface area contributed by atoms with E-state index in [1.807, 2.05) is 43.3 Å². The van der Waals surface area contributed by atoms with Gasteiger partial charge in [-0.05, 0) is 31.0 Å². The van der Waals surface area contributed by atoms with Gasteiger partial charge in [0.1, 0.15) is 5.82 Å². The molecule has 6 nitrogen and oxygen atoms in total. The number of aromatic nitrogens is 2. The van der Waals surface area contributed by atoms with Gasteiger partial charge in [-0.1, -0.05) is 42.5 Å². The first kappa shape index (κ1) is 19.8. The average molecular weight is 379 g/mol. The number of carbonyl (C=O) groups excluding carboxylic acids is 1. The maximum Gasteiger partial charge on any atom is 0.258 e. The number of carbonyl (C=O) groups is 1. The molecule has 0 saturated carbocycles. The summed E-state index contributed by atoms with van der Waals surface area (Å²) in [7, 11) is 0. The van der Waals surface area contributed by atoms with Crippen LogP contribution >= 0.6 is 0 Å². The van der Waals surface area contributed by atoms with Crippen molar-refractivity contribution in [2.45, 2.75) is 32.3 Å². The van der Waals surface area contributed by atoms with Gasteiger partial charge in [0.15, 0.2) is 0 Å². The number of hydrogen-bond acceptors (Lipinski definition) is 4. The maximum atomic E-state index is 12.0. The predicted octanol–water partition coefficient (Wildman–Crippen LogP) is 3.14. The van der Waals surface area contributed by atoms with E-state index in [1.54, 1.807) is 18.2 Å². The average Bonchev–Trinajstić information content (AvgIpc) is 2.72. The van der Waals surface area contributed by atoms with Crippen LogP contribution in [0.4, 0.5) is 0 Å². The summed E-state index contributed by atoms with van der Waals surface area (Å²) in [5.41, 5.74) is 1.61. The summed E-state index contributed by atoms with van der Waals surface area (Å²) in [6.45, 7) is 3.16. The summed E-state index contributed by atoms with van der Waals surface area (Å²) in [6.07, 6.45) is 1.46. The molecule has 6 heteroatoms. The largest absolute Gasteiger partial charge is 0.374 e. The highest BCUT2D eigenvalue weighted by Crippen LogP contribution is 2.15. The van der Waals surface area contributed by atoms with E-state index in [0.29, 0.717) is 36.3 Å². The number of H-pyrrole nitrogens is 1. The second-order valence-electron chi connectivity index (χ2n) is 6.66. The van der Waals surface area contributed by atoms with Gasteiger partial charge in [-0.25, -0.2) is 4.98 Å². The number of amides is 1. The third-order valence-corrected chi connectivity index (χ3v) is 4.53. The number of para-hydroxylation sites is 1. The van der Waals surface area contributed by atoms with Crippen LogP contribution in [0.1, 0.15) is 37.3 Å². The third-order valence-electron chi connectivity index (χ3n) is 4.53. The van der Waals surface area contributed by atoms with Gasteiger partial charge in [-0.2, -0.15) is 0 Å². The fourth-order valence-electron chi connectivity index (χ4n) is 2.95. The Kier molecular flexibility index (Phi) is 6.92. The molecule has 0 unspecified atom stereocenters. The minimum atomic E-state index is -0.175. The van der Waals surface area contributed by atoms with Crippen molar-refractivity contribution in [2.75, 3.05) is 13.2 Å². The minimum absolute atomic E-state index is 0.0349. The second-order valence-corrected chi connectivity index (χ2v) is 6.66. The minimum Gasteiger partial charge on any atom is -0.374 e. The SMILES string of the molecule is C[C@@H](OCCCNC(=O)CCc1nc2ccccc2c(=O)[nH]1)c1ccccc1. The number of nitrogens with zero attached hydrogens (tertiary/aromatic N) is 1. The van der Waals surface area contributed by atoms with Crippen molar-refractivity contribution in [3.05, 3.63) is 76.3 Å². The normalized spacial score (nSPS) is 12.0. The molecule has 0 spiro atoms. The van der Waals surface area contributed by atoms with Crippen molar-refractivity contribution in [1.29, 1.82) is 0 Å². The predicted molar refractivity (Wildman–Crippen MR) is 109 cm³/mol. The maximum absolute atomic E-state index is 12.0. The van der Waals surface area contributed by atoms with E-state index in [0.717, 1.165) is 12.0 Å². The van der Waals surface area contributed by atoms with Gasteiger partial charge in [-0.3, -0.25) is 9.59 Å². The smallest absolute Gasteiger partial charge is 0.258 e. The van der Waals surface area contributed by atoms with Crippen LogP contribution in [0.5, 0.6) is 0 Å². The van der Waals surface area contributed by atoms with E-state index in [1.165, 1.54) is 0 Å². The van der Waals surface area contributed by atoms with E-state index in [-0.39, 0.29) is 24.0 Å². The molecule has 0 bridgehead atoms. The standard InChI is InChI=1S/C22H25N3O3/c1-16(17-8-3-2-4-9-17)28-15-7-14-23-21(26)13-12-20-24-19-11-6-5-10-18(19)22(27)25-20/h2-6,8-11,16H,7,12-15H2,1H3,(H,23,26)(H,24,25,27)/t16-/m1/s1. The van der Waals surface area contributed by atoms with Gasteiger partial charge in [0.25, 0.3) is 5.56 Å². The molecule has 2 N–H and O–H groups in total. The van der Waals surface area contributed by atoms with Gasteiger partial charge in [0.2, 0.25) is 5.91 Å². The van der Waals surface area contributed by atoms with E-state index in [4.69, 9.17) is 4.74 Å². The molecule has 1 heterocycles. The summed E-state index contributed by atoms with van der Waals surface area (Å²) in [5, 5.41) is 3.44. The van der Waals surface area contributed by atoms with E-state index >= 15 is 0 Å². The van der Waals surface area contributed by atoms with Gasteiger partial charge in [0, 0.05) is 26.0 Å². The summed E-state index contributed by atoms with van der Waals surface area (Å²) in [5.74, 6) is 0.464. The summed E-state index contributed by atoms with van der Waals surface area (Å²) < 4.78 is 5.79. The summed E-state index contributed by atoms with van der Waals surface area (Å²) >= 11 is 0. The monoisotopic (exact) mass is 379 g/mol. The zero-order valence-corrected chi connectivity index (χ0v) is 16.0. The van der Waals surface area contributed by atoms with Crippen LogP contribution in [-0.2, 0) is 16.0 Å². The van der Waals surface area contributed by atoms with Crippen molar-refractivity contribution in [1.82, 2.24) is 15.3 Å². The number of ether oxygens (including phenoxy) is 1. The molecule has 1 atom stereocenters. The number of aromatic amines is 1. The second kappa shape index (κ2) is 9.80. The topological polar surface area (TPSA) is 84.1 Å². The molecule has 0 aliphatic carbocycles. The molecule has 1 aromatic heterocycles. The van der Waals surface area contributed by atoms with Crippen molar-refractivity contribution in [3.63, 3.8) is 0 Å². The molecule has 0 aliphatic heterocycles. The third kappa shape index (κ3) is 5.50. The Morgan fingerprint density at radius 2 is 1.89 bits per heavy atom. The summed E-state index contributed by atoms with van der Waals surface area (Å²) in [4.78, 5) is 31.2. The van der Waals surface area contributed by atoms with Crippen molar-refractivity contribution in [2.24, 2.45) is 0 Å². The van der Waals surface area contributed by atoms with Gasteiger partial charge >= 0.3 is 0 Å². The molecule has 0 saturated heterocycles. The van der Waals surface area contributed by atoms with E-state index < -0.39 is 0 Å². The zero-order chi connectivity index (χ0) is 19.8. The first-order valence-electron chi connectivity index (χ1n) is 9.54. The molecule has 0 aliphatic rings. The van der Waals surface area contributed by atoms with Crippen LogP contribution in [0, 0.1) is 0 Å². The van der Waals surface area contributed by atoms with Gasteiger partial charge in [0.05, 0.1) is 17.0 Å². The van der Waals surface area contributed by atoms with Gasteiger partial charge < -0.3 is 15.0 Å². The lowest BCUT2D eigenvalue weighted by atomic mass is 10.1. The molecule has 146 valence electrons. The number of fused-ring (bicyclic) bond motifs is 1. The van der Waals surface area contributed by atoms with Crippen LogP contribution in [0.15, 0.2) is 59.4 Å². The number of nitrogens with one attached hydrogen (secondary N) is 2. The van der Waals surface area contributed by atoms with Crippen LogP contribution in [0.25, 0.3) is 10.9 Å². The highest BCUT2D eigenvalue weighted by atomic mass is 16.5. The lowest BCUT2D eigenvalue weighted by Gasteiger charge is -2.13. The Hall–Kier alpha value is -2.99. The van der Waals surface area contributed by atoms with Crippen LogP contribution in [-0.4, -0.2) is 29.0 Å². The first-order valence-corrected chi connectivity index (χ1v) is 9.54. The van der Waals surface area contributed by atoms with Gasteiger partial charge in [-0.15, -0.1) is 0 Å². The fourth-order valence-corrected chi connectivity index (χ4v) is 2.95. The Bertz CT molecular complexity index is 969. The Morgan fingerprint density at radius 3 is 2.71 bits per heavy atom. The molecule has 3 aromatic rings. The van der Waals surface area contributed by atoms with E-state index in [9.17, 15) is 9.59 Å². The number of benzene rings is 2. The Balaban J connectivity index is 1.36. The molecular weight excluding hydrogens is 354 g/mol. The molecule has 1 amide bonds. The molecule has 28 heavy (non-hydrogen) atoms. The van der Waals surface area contributed by atoms with E-state index in [2.05, 4.69) is 15.3 Å². The Morgan fingerprint density at radius 1 is 1.14 bits per heavy atom. The van der Waals surface area contributed by atoms with Crippen molar-refractivity contribution >= 4 is 16.8 Å². The fraction of sp³-hybridized carbons (Fsp3) is 0.318. The molecule has 0 radical (unpaired) electrons. The van der Waals surface area contributed by atoms with Crippen molar-refractivity contribution < 1.29 is 9.53 Å². The lowest BCUT2D eigenvalue weighted by Crippen LogP contribution is -2.26. The highest BCUT2D eigenvalue weighted by Gasteiger charge is 2.07.